The minimum Gasteiger partial charge on any atom is -0.479 e. The van der Waals surface area contributed by atoms with Gasteiger partial charge in [-0.3, -0.25) is 0 Å². The highest BCUT2D eigenvalue weighted by molar-refractivity contribution is 5.95. The number of rotatable bonds is 3. The lowest BCUT2D eigenvalue weighted by molar-refractivity contribution is -0.139. The van der Waals surface area contributed by atoms with Crippen LogP contribution in [0.4, 0.5) is 9.59 Å². The Balaban J connectivity index is 2.04. The van der Waals surface area contributed by atoms with Crippen molar-refractivity contribution in [2.24, 2.45) is 0 Å². The third kappa shape index (κ3) is 3.55. The number of nitrogens with one attached hydrogen (secondary N) is 1. The van der Waals surface area contributed by atoms with Gasteiger partial charge in [-0.15, -0.1) is 0 Å². The molecule has 7 nitrogen and oxygen atoms in total. The number of amides is 4. The van der Waals surface area contributed by atoms with Crippen molar-refractivity contribution in [3.8, 4) is 0 Å². The van der Waals surface area contributed by atoms with Crippen LogP contribution in [0.15, 0.2) is 30.3 Å². The average Bonchev–Trinajstić information content (AvgIpc) is 3.05. The molecular weight excluding hydrogens is 286 g/mol. The summed E-state index contributed by atoms with van der Waals surface area (Å²) >= 11 is 0. The summed E-state index contributed by atoms with van der Waals surface area (Å²) in [6.07, 6.45) is 1.84. The average molecular weight is 305 g/mol. The topological polar surface area (TPSA) is 90.0 Å². The van der Waals surface area contributed by atoms with Gasteiger partial charge in [-0.2, -0.15) is 0 Å². The van der Waals surface area contributed by atoms with E-state index >= 15 is 0 Å². The van der Waals surface area contributed by atoms with Crippen LogP contribution in [-0.2, 0) is 4.79 Å². The van der Waals surface area contributed by atoms with E-state index in [0.29, 0.717) is 18.7 Å². The molecule has 118 valence electrons. The molecule has 1 aliphatic heterocycles. The molecule has 0 aliphatic carbocycles. The molecule has 1 unspecified atom stereocenters. The Labute approximate surface area is 128 Å². The van der Waals surface area contributed by atoms with Gasteiger partial charge in [0.05, 0.1) is 0 Å². The standard InChI is InChI=1S/C15H19N3O4/c1-17(15(22)18-9-5-6-10-18)14(21)16-12(13(19)20)11-7-3-2-4-8-11/h2-4,7-8,12H,5-6,9-10H2,1H3,(H,16,21)(H,19,20). The highest BCUT2D eigenvalue weighted by atomic mass is 16.4. The summed E-state index contributed by atoms with van der Waals surface area (Å²) in [4.78, 5) is 38.1. The van der Waals surface area contributed by atoms with Crippen molar-refractivity contribution in [3.05, 3.63) is 35.9 Å². The van der Waals surface area contributed by atoms with Gasteiger partial charge in [0.2, 0.25) is 0 Å². The monoisotopic (exact) mass is 305 g/mol. The Hall–Kier alpha value is -2.57. The second-order valence-electron chi connectivity index (χ2n) is 5.17. The fraction of sp³-hybridized carbons (Fsp3) is 0.400. The van der Waals surface area contributed by atoms with Gasteiger partial charge < -0.3 is 15.3 Å². The number of hydrogen-bond donors (Lipinski definition) is 2. The van der Waals surface area contributed by atoms with Crippen molar-refractivity contribution in [3.63, 3.8) is 0 Å². The highest BCUT2D eigenvalue weighted by Crippen LogP contribution is 2.14. The van der Waals surface area contributed by atoms with Crippen LogP contribution in [0, 0.1) is 0 Å². The maximum Gasteiger partial charge on any atom is 0.330 e. The number of aliphatic carboxylic acids is 1. The summed E-state index contributed by atoms with van der Waals surface area (Å²) in [7, 11) is 1.35. The summed E-state index contributed by atoms with van der Waals surface area (Å²) < 4.78 is 0. The Bertz CT molecular complexity index is 555. The molecule has 0 saturated carbocycles. The quantitative estimate of drug-likeness (QED) is 0.889. The molecule has 1 aromatic carbocycles. The summed E-state index contributed by atoms with van der Waals surface area (Å²) in [6.45, 7) is 1.25. The van der Waals surface area contributed by atoms with Crippen LogP contribution in [0.1, 0.15) is 24.4 Å². The van der Waals surface area contributed by atoms with E-state index in [2.05, 4.69) is 5.32 Å². The van der Waals surface area contributed by atoms with E-state index < -0.39 is 24.1 Å². The minimum atomic E-state index is -1.19. The van der Waals surface area contributed by atoms with E-state index in [4.69, 9.17) is 0 Å². The van der Waals surface area contributed by atoms with Crippen molar-refractivity contribution < 1.29 is 19.5 Å². The lowest BCUT2D eigenvalue weighted by Gasteiger charge is -2.24. The molecule has 7 heteroatoms. The fourth-order valence-corrected chi connectivity index (χ4v) is 2.36. The van der Waals surface area contributed by atoms with Crippen molar-refractivity contribution in [1.82, 2.24) is 15.1 Å². The molecule has 1 heterocycles. The van der Waals surface area contributed by atoms with Crippen LogP contribution in [0.2, 0.25) is 0 Å². The summed E-state index contributed by atoms with van der Waals surface area (Å²) in [5, 5.41) is 11.7. The van der Waals surface area contributed by atoms with Crippen molar-refractivity contribution >= 4 is 18.0 Å². The number of benzene rings is 1. The molecule has 0 aromatic heterocycles. The Morgan fingerprint density at radius 3 is 2.32 bits per heavy atom. The van der Waals surface area contributed by atoms with Gasteiger partial charge in [-0.25, -0.2) is 19.3 Å². The molecule has 0 spiro atoms. The number of carbonyl (C=O) groups excluding carboxylic acids is 2. The number of carboxylic acids is 1. The van der Waals surface area contributed by atoms with Gasteiger partial charge in [0.1, 0.15) is 0 Å². The first kappa shape index (κ1) is 15.8. The number of likely N-dealkylation sites (tertiary alicyclic amines) is 1. The predicted octanol–water partition coefficient (Wildman–Crippen LogP) is 1.67. The van der Waals surface area contributed by atoms with Crippen LogP contribution in [0.3, 0.4) is 0 Å². The van der Waals surface area contributed by atoms with E-state index in [9.17, 15) is 19.5 Å². The summed E-state index contributed by atoms with van der Waals surface area (Å²) in [5.41, 5.74) is 0.449. The minimum absolute atomic E-state index is 0.410. The van der Waals surface area contributed by atoms with Crippen molar-refractivity contribution in [1.29, 1.82) is 0 Å². The van der Waals surface area contributed by atoms with E-state index in [1.54, 1.807) is 35.2 Å². The maximum absolute atomic E-state index is 12.1. The lowest BCUT2D eigenvalue weighted by Crippen LogP contribution is -2.49. The van der Waals surface area contributed by atoms with Gasteiger partial charge >= 0.3 is 18.0 Å². The fourth-order valence-electron chi connectivity index (χ4n) is 2.36. The Morgan fingerprint density at radius 2 is 1.77 bits per heavy atom. The number of imide groups is 1. The first-order chi connectivity index (χ1) is 10.5. The Morgan fingerprint density at radius 1 is 1.18 bits per heavy atom. The van der Waals surface area contributed by atoms with Crippen LogP contribution in [0.5, 0.6) is 0 Å². The highest BCUT2D eigenvalue weighted by Gasteiger charge is 2.29. The molecule has 2 rings (SSSR count). The maximum atomic E-state index is 12.1. The molecule has 0 radical (unpaired) electrons. The van der Waals surface area contributed by atoms with Crippen LogP contribution < -0.4 is 5.32 Å². The summed E-state index contributed by atoms with van der Waals surface area (Å²) in [6, 6.07) is 6.03. The van der Waals surface area contributed by atoms with Gasteiger partial charge in [0, 0.05) is 20.1 Å². The number of carboxylic acid groups (broad SMARTS) is 1. The molecule has 1 saturated heterocycles. The molecule has 22 heavy (non-hydrogen) atoms. The lowest BCUT2D eigenvalue weighted by atomic mass is 10.1. The van der Waals surface area contributed by atoms with Crippen molar-refractivity contribution in [2.75, 3.05) is 20.1 Å². The molecule has 4 amide bonds. The molecule has 1 aromatic rings. The van der Waals surface area contributed by atoms with Crippen LogP contribution >= 0.6 is 0 Å². The smallest absolute Gasteiger partial charge is 0.330 e. The molecule has 1 fully saturated rings. The third-order valence-electron chi connectivity index (χ3n) is 3.62. The Kier molecular flexibility index (Phi) is 4.98. The normalized spacial score (nSPS) is 15.2. The zero-order valence-corrected chi connectivity index (χ0v) is 12.4. The molecule has 2 N–H and O–H groups in total. The van der Waals surface area contributed by atoms with Crippen molar-refractivity contribution in [2.45, 2.75) is 18.9 Å². The first-order valence-electron chi connectivity index (χ1n) is 7.11. The molecule has 1 atom stereocenters. The zero-order valence-electron chi connectivity index (χ0n) is 12.4. The molecular formula is C15H19N3O4. The van der Waals surface area contributed by atoms with E-state index in [1.807, 2.05) is 0 Å². The molecule has 1 aliphatic rings. The van der Waals surface area contributed by atoms with Gasteiger partial charge in [0.15, 0.2) is 6.04 Å². The third-order valence-corrected chi connectivity index (χ3v) is 3.62. The number of carbonyl (C=O) groups is 3. The van der Waals surface area contributed by atoms with Crippen LogP contribution in [0.25, 0.3) is 0 Å². The largest absolute Gasteiger partial charge is 0.479 e. The van der Waals surface area contributed by atoms with Gasteiger partial charge in [-0.05, 0) is 18.4 Å². The zero-order chi connectivity index (χ0) is 16.1. The second-order valence-corrected chi connectivity index (χ2v) is 5.17. The number of nitrogens with zero attached hydrogens (tertiary/aromatic N) is 2. The predicted molar refractivity (Wildman–Crippen MR) is 79.3 cm³/mol. The summed E-state index contributed by atoms with van der Waals surface area (Å²) in [5.74, 6) is -1.18. The van der Waals surface area contributed by atoms with Crippen LogP contribution in [-0.4, -0.2) is 53.1 Å². The van der Waals surface area contributed by atoms with E-state index in [-0.39, 0.29) is 0 Å². The van der Waals surface area contributed by atoms with E-state index in [0.717, 1.165) is 17.7 Å². The second kappa shape index (κ2) is 6.93. The number of hydrogen-bond acceptors (Lipinski definition) is 3. The number of urea groups is 2. The van der Waals surface area contributed by atoms with Gasteiger partial charge in [-0.1, -0.05) is 30.3 Å². The first-order valence-corrected chi connectivity index (χ1v) is 7.11. The van der Waals surface area contributed by atoms with E-state index in [1.165, 1.54) is 7.05 Å². The molecule has 0 bridgehead atoms. The van der Waals surface area contributed by atoms with Gasteiger partial charge in [0.25, 0.3) is 0 Å². The SMILES string of the molecule is CN(C(=O)NC(C(=O)O)c1ccccc1)C(=O)N1CCCC1.